The van der Waals surface area contributed by atoms with Gasteiger partial charge in [0, 0.05) is 5.56 Å². The van der Waals surface area contributed by atoms with Crippen molar-refractivity contribution in [1.82, 2.24) is 0 Å². The molecule has 0 N–H and O–H groups in total. The van der Waals surface area contributed by atoms with E-state index in [2.05, 4.69) is 14.5 Å². The molecule has 0 saturated carbocycles. The van der Waals surface area contributed by atoms with Crippen LogP contribution in [-0.4, -0.2) is 32.2 Å². The Hall–Kier alpha value is -3.56. The highest BCUT2D eigenvalue weighted by Crippen LogP contribution is 2.35. The maximum absolute atomic E-state index is 12.7. The highest BCUT2D eigenvalue weighted by molar-refractivity contribution is 6.13. The molecule has 0 aliphatic carbocycles. The first-order chi connectivity index (χ1) is 13.9. The summed E-state index contributed by atoms with van der Waals surface area (Å²) in [6.45, 7) is -6.22. The third-order valence-electron chi connectivity index (χ3n) is 3.68. The summed E-state index contributed by atoms with van der Waals surface area (Å²) in [5.74, 6) is -1.69. The number of ether oxygens (including phenoxy) is 4. The molecule has 1 aliphatic rings. The summed E-state index contributed by atoms with van der Waals surface area (Å²) < 4.78 is 69.6. The SMILES string of the molecule is COc1cccc(/C=C2\N=C(c3ccccc3OC(F)F)OC2=O)c1OC(F)F. The van der Waals surface area contributed by atoms with Crippen molar-refractivity contribution in [1.29, 1.82) is 0 Å². The Morgan fingerprint density at radius 2 is 1.66 bits per heavy atom. The quantitative estimate of drug-likeness (QED) is 0.387. The van der Waals surface area contributed by atoms with Gasteiger partial charge >= 0.3 is 19.2 Å². The fourth-order valence-corrected chi connectivity index (χ4v) is 2.54. The van der Waals surface area contributed by atoms with Gasteiger partial charge in [-0.05, 0) is 24.3 Å². The second kappa shape index (κ2) is 8.63. The van der Waals surface area contributed by atoms with Crippen LogP contribution in [0.15, 0.2) is 53.2 Å². The minimum absolute atomic E-state index is 0.0193. The molecule has 2 aromatic carbocycles. The molecule has 0 bridgehead atoms. The number of esters is 1. The van der Waals surface area contributed by atoms with E-state index in [4.69, 9.17) is 9.47 Å². The van der Waals surface area contributed by atoms with Crippen molar-refractivity contribution in [3.05, 3.63) is 59.3 Å². The van der Waals surface area contributed by atoms with Crippen LogP contribution in [0.5, 0.6) is 17.2 Å². The first-order valence-electron chi connectivity index (χ1n) is 8.07. The van der Waals surface area contributed by atoms with Gasteiger partial charge in [-0.15, -0.1) is 0 Å². The molecule has 152 valence electrons. The van der Waals surface area contributed by atoms with E-state index in [9.17, 15) is 22.4 Å². The molecule has 0 fully saturated rings. The normalized spacial score (nSPS) is 14.9. The summed E-state index contributed by atoms with van der Waals surface area (Å²) in [7, 11) is 1.27. The monoisotopic (exact) mass is 411 g/mol. The number of nitrogens with zero attached hydrogens (tertiary/aromatic N) is 1. The smallest absolute Gasteiger partial charge is 0.387 e. The van der Waals surface area contributed by atoms with E-state index in [1.165, 1.54) is 49.6 Å². The maximum Gasteiger partial charge on any atom is 0.387 e. The summed E-state index contributed by atoms with van der Waals surface area (Å²) in [6, 6.07) is 9.92. The van der Waals surface area contributed by atoms with Crippen LogP contribution in [0, 0.1) is 0 Å². The molecular weight excluding hydrogens is 398 g/mol. The van der Waals surface area contributed by atoms with Crippen LogP contribution in [0.3, 0.4) is 0 Å². The number of rotatable bonds is 7. The Labute approximate surface area is 162 Å². The highest BCUT2D eigenvalue weighted by Gasteiger charge is 2.27. The molecule has 1 heterocycles. The summed E-state index contributed by atoms with van der Waals surface area (Å²) >= 11 is 0. The van der Waals surface area contributed by atoms with E-state index in [0.717, 1.165) is 6.08 Å². The predicted molar refractivity (Wildman–Crippen MR) is 93.3 cm³/mol. The van der Waals surface area contributed by atoms with Gasteiger partial charge in [-0.2, -0.15) is 17.6 Å². The summed E-state index contributed by atoms with van der Waals surface area (Å²) in [5, 5.41) is 0. The zero-order valence-corrected chi connectivity index (χ0v) is 14.8. The molecule has 0 radical (unpaired) electrons. The standard InChI is InChI=1S/C19H13F4NO5/c1-26-14-8-4-5-10(15(14)28-19(22)23)9-12-17(25)29-16(24-12)11-6-2-3-7-13(11)27-18(20)21/h2-9,18-19H,1H3/b12-9-. The number of para-hydroxylation sites is 2. The van der Waals surface area contributed by atoms with Crippen molar-refractivity contribution < 1.29 is 41.3 Å². The Morgan fingerprint density at radius 3 is 2.34 bits per heavy atom. The van der Waals surface area contributed by atoms with Gasteiger partial charge in [0.2, 0.25) is 5.90 Å². The van der Waals surface area contributed by atoms with Crippen LogP contribution in [0.25, 0.3) is 6.08 Å². The number of hydrogen-bond donors (Lipinski definition) is 0. The molecule has 10 heteroatoms. The first kappa shape index (κ1) is 20.2. The number of carbonyl (C=O) groups excluding carboxylic acids is 1. The van der Waals surface area contributed by atoms with Crippen molar-refractivity contribution in [2.75, 3.05) is 7.11 Å². The Morgan fingerprint density at radius 1 is 0.966 bits per heavy atom. The van der Waals surface area contributed by atoms with Crippen molar-refractivity contribution in [2.45, 2.75) is 13.2 Å². The van der Waals surface area contributed by atoms with Gasteiger partial charge in [0.1, 0.15) is 5.75 Å². The lowest BCUT2D eigenvalue weighted by molar-refractivity contribution is -0.129. The van der Waals surface area contributed by atoms with Gasteiger partial charge in [-0.1, -0.05) is 24.3 Å². The average molecular weight is 411 g/mol. The van der Waals surface area contributed by atoms with E-state index >= 15 is 0 Å². The van der Waals surface area contributed by atoms with Crippen molar-refractivity contribution in [3.8, 4) is 17.2 Å². The number of hydrogen-bond acceptors (Lipinski definition) is 6. The minimum atomic E-state index is -3.13. The molecule has 3 rings (SSSR count). The molecule has 0 atom stereocenters. The van der Waals surface area contributed by atoms with Gasteiger partial charge in [-0.3, -0.25) is 0 Å². The average Bonchev–Trinajstić information content (AvgIpc) is 3.03. The summed E-state index contributed by atoms with van der Waals surface area (Å²) in [4.78, 5) is 16.1. The number of methoxy groups -OCH3 is 1. The molecule has 0 spiro atoms. The lowest BCUT2D eigenvalue weighted by Crippen LogP contribution is -2.10. The largest absolute Gasteiger partial charge is 0.493 e. The minimum Gasteiger partial charge on any atom is -0.493 e. The number of benzene rings is 2. The second-order valence-corrected chi connectivity index (χ2v) is 5.47. The predicted octanol–water partition coefficient (Wildman–Crippen LogP) is 4.24. The van der Waals surface area contributed by atoms with E-state index in [1.807, 2.05) is 0 Å². The van der Waals surface area contributed by atoms with Crippen LogP contribution < -0.4 is 14.2 Å². The molecule has 6 nitrogen and oxygen atoms in total. The third-order valence-corrected chi connectivity index (χ3v) is 3.68. The van der Waals surface area contributed by atoms with Crippen molar-refractivity contribution in [2.24, 2.45) is 4.99 Å². The second-order valence-electron chi connectivity index (χ2n) is 5.47. The zero-order chi connectivity index (χ0) is 21.0. The van der Waals surface area contributed by atoms with Crippen LogP contribution in [0.4, 0.5) is 17.6 Å². The lowest BCUT2D eigenvalue weighted by atomic mass is 10.1. The lowest BCUT2D eigenvalue weighted by Gasteiger charge is -2.12. The van der Waals surface area contributed by atoms with Crippen LogP contribution in [0.1, 0.15) is 11.1 Å². The molecule has 0 amide bonds. The van der Waals surface area contributed by atoms with Gasteiger partial charge in [0.25, 0.3) is 0 Å². The van der Waals surface area contributed by atoms with E-state index in [0.29, 0.717) is 0 Å². The number of cyclic esters (lactones) is 1. The molecule has 0 unspecified atom stereocenters. The number of aliphatic imine (C=N–C) groups is 1. The third kappa shape index (κ3) is 4.65. The number of halogens is 4. The molecule has 1 aliphatic heterocycles. The fraction of sp³-hybridized carbons (Fsp3) is 0.158. The highest BCUT2D eigenvalue weighted by atomic mass is 19.3. The van der Waals surface area contributed by atoms with E-state index in [1.54, 1.807) is 0 Å². The number of alkyl halides is 4. The summed E-state index contributed by atoms with van der Waals surface area (Å²) in [6.07, 6.45) is 1.16. The van der Waals surface area contributed by atoms with Crippen LogP contribution in [0.2, 0.25) is 0 Å². The Balaban J connectivity index is 2.01. The van der Waals surface area contributed by atoms with Gasteiger partial charge in [0.15, 0.2) is 17.2 Å². The molecule has 0 saturated heterocycles. The van der Waals surface area contributed by atoms with Gasteiger partial charge in [-0.25, -0.2) is 9.79 Å². The summed E-state index contributed by atoms with van der Waals surface area (Å²) in [5.41, 5.74) is -0.141. The molecule has 0 aromatic heterocycles. The van der Waals surface area contributed by atoms with E-state index < -0.39 is 19.2 Å². The fourth-order valence-electron chi connectivity index (χ4n) is 2.54. The molecular formula is C19H13F4NO5. The first-order valence-corrected chi connectivity index (χ1v) is 8.07. The van der Waals surface area contributed by atoms with E-state index in [-0.39, 0.29) is 40.0 Å². The topological polar surface area (TPSA) is 66.3 Å². The molecule has 2 aromatic rings. The zero-order valence-electron chi connectivity index (χ0n) is 14.8. The Bertz CT molecular complexity index is 975. The van der Waals surface area contributed by atoms with Crippen LogP contribution >= 0.6 is 0 Å². The van der Waals surface area contributed by atoms with Crippen molar-refractivity contribution in [3.63, 3.8) is 0 Å². The van der Waals surface area contributed by atoms with Gasteiger partial charge < -0.3 is 18.9 Å². The maximum atomic E-state index is 12.7. The van der Waals surface area contributed by atoms with Gasteiger partial charge in [0.05, 0.1) is 12.7 Å². The van der Waals surface area contributed by atoms with Crippen LogP contribution in [-0.2, 0) is 9.53 Å². The van der Waals surface area contributed by atoms with Crippen molar-refractivity contribution >= 4 is 17.9 Å². The number of carbonyl (C=O) groups is 1. The Kier molecular flexibility index (Phi) is 6.01. The molecule has 29 heavy (non-hydrogen) atoms.